The van der Waals surface area contributed by atoms with Crippen LogP contribution >= 0.6 is 0 Å². The zero-order chi connectivity index (χ0) is 8.69. The lowest BCUT2D eigenvalue weighted by atomic mass is 10.0. The lowest BCUT2D eigenvalue weighted by Gasteiger charge is -2.01. The highest BCUT2D eigenvalue weighted by Gasteiger charge is 1.99. The molecule has 0 unspecified atom stereocenters. The van der Waals surface area contributed by atoms with Crippen LogP contribution in [0.15, 0.2) is 23.3 Å². The third-order valence-electron chi connectivity index (χ3n) is 1.62. The summed E-state index contributed by atoms with van der Waals surface area (Å²) in [5, 5.41) is 8.70. The van der Waals surface area contributed by atoms with Gasteiger partial charge in [0.15, 0.2) is 0 Å². The normalized spacial score (nSPS) is 12.9. The van der Waals surface area contributed by atoms with Gasteiger partial charge in [-0.1, -0.05) is 25.5 Å². The Kier molecular flexibility index (Phi) is 5.20. The fourth-order valence-corrected chi connectivity index (χ4v) is 1.03. The molecule has 1 nitrogen and oxygen atoms in total. The summed E-state index contributed by atoms with van der Waals surface area (Å²) in [7, 11) is 0. The fourth-order valence-electron chi connectivity index (χ4n) is 1.03. The van der Waals surface area contributed by atoms with Crippen LogP contribution in [0, 0.1) is 11.3 Å². The Morgan fingerprint density at radius 2 is 2.00 bits per heavy atom. The molecular formula is C10H15N. The van der Waals surface area contributed by atoms with E-state index in [1.54, 1.807) is 0 Å². The fraction of sp³-hybridized carbons (Fsp3) is 0.500. The molecular weight excluding hydrogens is 134 g/mol. The molecule has 0 aromatic heterocycles. The molecule has 0 rings (SSSR count). The molecule has 0 aliphatic heterocycles. The first-order valence-corrected chi connectivity index (χ1v) is 4.02. The Balaban J connectivity index is 4.41. The summed E-state index contributed by atoms with van der Waals surface area (Å²) in [6.45, 7) is 6.00. The Morgan fingerprint density at radius 3 is 2.27 bits per heavy atom. The molecule has 0 aliphatic carbocycles. The SMILES string of the molecule is C/C=C(CCC)\C(C#N)=C/C. The van der Waals surface area contributed by atoms with Crippen molar-refractivity contribution in [3.05, 3.63) is 23.3 Å². The molecule has 0 bridgehead atoms. The summed E-state index contributed by atoms with van der Waals surface area (Å²) in [4.78, 5) is 0. The molecule has 0 fully saturated rings. The topological polar surface area (TPSA) is 23.8 Å². The second-order valence-electron chi connectivity index (χ2n) is 2.38. The van der Waals surface area contributed by atoms with Crippen molar-refractivity contribution in [1.82, 2.24) is 0 Å². The van der Waals surface area contributed by atoms with Gasteiger partial charge in [-0.25, -0.2) is 0 Å². The molecule has 1 heteroatoms. The second kappa shape index (κ2) is 5.73. The van der Waals surface area contributed by atoms with E-state index in [4.69, 9.17) is 5.26 Å². The summed E-state index contributed by atoms with van der Waals surface area (Å²) in [6.07, 6.45) is 5.98. The summed E-state index contributed by atoms with van der Waals surface area (Å²) < 4.78 is 0. The highest BCUT2D eigenvalue weighted by Crippen LogP contribution is 2.14. The molecule has 0 atom stereocenters. The number of rotatable bonds is 3. The maximum absolute atomic E-state index is 8.70. The van der Waals surface area contributed by atoms with Gasteiger partial charge in [0.05, 0.1) is 11.6 Å². The smallest absolute Gasteiger partial charge is 0.0990 e. The van der Waals surface area contributed by atoms with Crippen LogP contribution in [0.1, 0.15) is 33.6 Å². The molecule has 0 amide bonds. The molecule has 0 aliphatic rings. The average molecular weight is 149 g/mol. The van der Waals surface area contributed by atoms with Crippen molar-refractivity contribution in [2.24, 2.45) is 0 Å². The van der Waals surface area contributed by atoms with Crippen molar-refractivity contribution in [3.63, 3.8) is 0 Å². The second-order valence-corrected chi connectivity index (χ2v) is 2.38. The van der Waals surface area contributed by atoms with Crippen molar-refractivity contribution in [3.8, 4) is 6.07 Å². The van der Waals surface area contributed by atoms with Crippen LogP contribution < -0.4 is 0 Å². The molecule has 0 saturated carbocycles. The standard InChI is InChI=1S/C10H15N/c1-4-7-9(5-2)10(6-3)8-11/h5-6H,4,7H2,1-3H3/b9-5-,10-6-. The summed E-state index contributed by atoms with van der Waals surface area (Å²) in [5.41, 5.74) is 1.98. The van der Waals surface area contributed by atoms with Gasteiger partial charge in [-0.3, -0.25) is 0 Å². The van der Waals surface area contributed by atoms with Gasteiger partial charge in [0.2, 0.25) is 0 Å². The van der Waals surface area contributed by atoms with Gasteiger partial charge in [-0.2, -0.15) is 5.26 Å². The van der Waals surface area contributed by atoms with E-state index < -0.39 is 0 Å². The predicted octanol–water partition coefficient (Wildman–Crippen LogP) is 3.20. The Bertz CT molecular complexity index is 203. The van der Waals surface area contributed by atoms with E-state index in [2.05, 4.69) is 13.0 Å². The molecule has 11 heavy (non-hydrogen) atoms. The van der Waals surface area contributed by atoms with Crippen molar-refractivity contribution in [1.29, 1.82) is 5.26 Å². The highest BCUT2D eigenvalue weighted by molar-refractivity contribution is 5.40. The average Bonchev–Trinajstić information content (AvgIpc) is 2.05. The lowest BCUT2D eigenvalue weighted by Crippen LogP contribution is -1.85. The number of allylic oxidation sites excluding steroid dienone is 4. The molecule has 0 N–H and O–H groups in total. The largest absolute Gasteiger partial charge is 0.192 e. The Morgan fingerprint density at radius 1 is 1.36 bits per heavy atom. The van der Waals surface area contributed by atoms with E-state index in [0.29, 0.717) is 0 Å². The van der Waals surface area contributed by atoms with Crippen LogP contribution in [0.4, 0.5) is 0 Å². The van der Waals surface area contributed by atoms with E-state index >= 15 is 0 Å². The van der Waals surface area contributed by atoms with E-state index in [9.17, 15) is 0 Å². The zero-order valence-electron chi connectivity index (χ0n) is 7.52. The van der Waals surface area contributed by atoms with Crippen LogP contribution in [-0.4, -0.2) is 0 Å². The first-order valence-electron chi connectivity index (χ1n) is 4.02. The summed E-state index contributed by atoms with van der Waals surface area (Å²) >= 11 is 0. The number of nitriles is 1. The first-order chi connectivity index (χ1) is 5.29. The number of nitrogens with zero attached hydrogens (tertiary/aromatic N) is 1. The maximum Gasteiger partial charge on any atom is 0.0990 e. The van der Waals surface area contributed by atoms with Gasteiger partial charge >= 0.3 is 0 Å². The van der Waals surface area contributed by atoms with Crippen LogP contribution in [0.3, 0.4) is 0 Å². The van der Waals surface area contributed by atoms with E-state index in [1.807, 2.05) is 26.0 Å². The van der Waals surface area contributed by atoms with Gasteiger partial charge in [0.1, 0.15) is 0 Å². The van der Waals surface area contributed by atoms with Gasteiger partial charge in [-0.05, 0) is 25.8 Å². The molecule has 0 aromatic carbocycles. The Labute approximate surface area is 69.0 Å². The zero-order valence-corrected chi connectivity index (χ0v) is 7.52. The Hall–Kier alpha value is -1.03. The van der Waals surface area contributed by atoms with E-state index in [0.717, 1.165) is 24.0 Å². The third-order valence-corrected chi connectivity index (χ3v) is 1.62. The number of hydrogen-bond donors (Lipinski definition) is 0. The van der Waals surface area contributed by atoms with Crippen LogP contribution in [0.25, 0.3) is 0 Å². The maximum atomic E-state index is 8.70. The lowest BCUT2D eigenvalue weighted by molar-refractivity contribution is 0.915. The molecule has 0 radical (unpaired) electrons. The van der Waals surface area contributed by atoms with Crippen LogP contribution in [0.2, 0.25) is 0 Å². The van der Waals surface area contributed by atoms with Gasteiger partial charge in [-0.15, -0.1) is 0 Å². The minimum absolute atomic E-state index is 0.814. The van der Waals surface area contributed by atoms with Crippen LogP contribution in [0.5, 0.6) is 0 Å². The van der Waals surface area contributed by atoms with Crippen molar-refractivity contribution in [2.45, 2.75) is 33.6 Å². The minimum Gasteiger partial charge on any atom is -0.192 e. The van der Waals surface area contributed by atoms with E-state index in [1.165, 1.54) is 0 Å². The third kappa shape index (κ3) is 3.04. The van der Waals surface area contributed by atoms with Crippen molar-refractivity contribution < 1.29 is 0 Å². The quantitative estimate of drug-likeness (QED) is 0.446. The summed E-state index contributed by atoms with van der Waals surface area (Å²) in [5.74, 6) is 0. The van der Waals surface area contributed by atoms with Crippen molar-refractivity contribution in [2.75, 3.05) is 0 Å². The van der Waals surface area contributed by atoms with Crippen molar-refractivity contribution >= 4 is 0 Å². The van der Waals surface area contributed by atoms with Gasteiger partial charge in [0.25, 0.3) is 0 Å². The molecule has 0 spiro atoms. The van der Waals surface area contributed by atoms with Gasteiger partial charge in [0, 0.05) is 0 Å². The van der Waals surface area contributed by atoms with Crippen LogP contribution in [-0.2, 0) is 0 Å². The number of hydrogen-bond acceptors (Lipinski definition) is 1. The first kappa shape index (κ1) is 9.97. The molecule has 0 aromatic rings. The monoisotopic (exact) mass is 149 g/mol. The molecule has 0 heterocycles. The molecule has 0 saturated heterocycles. The van der Waals surface area contributed by atoms with E-state index in [-0.39, 0.29) is 0 Å². The minimum atomic E-state index is 0.814. The highest BCUT2D eigenvalue weighted by atomic mass is 14.2. The van der Waals surface area contributed by atoms with Gasteiger partial charge < -0.3 is 0 Å². The summed E-state index contributed by atoms with van der Waals surface area (Å²) in [6, 6.07) is 2.18. The predicted molar refractivity (Wildman–Crippen MR) is 48.0 cm³/mol. The molecule has 60 valence electrons.